The molecule has 3 N–H and O–H groups in total. The van der Waals surface area contributed by atoms with Gasteiger partial charge in [0.1, 0.15) is 0 Å². The van der Waals surface area contributed by atoms with Crippen molar-refractivity contribution in [3.63, 3.8) is 0 Å². The van der Waals surface area contributed by atoms with Gasteiger partial charge in [-0.25, -0.2) is 0 Å². The van der Waals surface area contributed by atoms with E-state index in [9.17, 15) is 4.79 Å². The maximum Gasteiger partial charge on any atom is 0.0683 e. The van der Waals surface area contributed by atoms with Crippen LogP contribution >= 0.6 is 0 Å². The van der Waals surface area contributed by atoms with Crippen LogP contribution in [0.15, 0.2) is 0 Å². The smallest absolute Gasteiger partial charge is 0.0683 e. The Morgan fingerprint density at radius 1 is 1.70 bits per heavy atom. The van der Waals surface area contributed by atoms with Crippen molar-refractivity contribution in [1.82, 2.24) is 5.32 Å². The number of nitrogens with one attached hydrogen (secondary N) is 2. The molecule has 0 bridgehead atoms. The summed E-state index contributed by atoms with van der Waals surface area (Å²) in [5.74, 6) is -0.633. The fourth-order valence-electron chi connectivity index (χ4n) is 0.917. The van der Waals surface area contributed by atoms with Crippen molar-refractivity contribution in [3.8, 4) is 0 Å². The minimum atomic E-state index is -0.633. The molecule has 1 heterocycles. The largest absolute Gasteiger partial charge is 0.666 e. The molecule has 1 rings (SSSR count). The average Bonchev–Trinajstić information content (AvgIpc) is 2.14. The van der Waals surface area contributed by atoms with Gasteiger partial charge in [0.2, 0.25) is 0 Å². The van der Waals surface area contributed by atoms with Gasteiger partial charge in [-0.15, -0.1) is 0 Å². The molecule has 55 valence electrons. The normalized spacial score (nSPS) is 31.3. The maximum atomic E-state index is 10.3. The topological polar surface area (TPSA) is 73.1 Å². The van der Waals surface area contributed by atoms with Crippen molar-refractivity contribution in [2.24, 2.45) is 0 Å². The van der Waals surface area contributed by atoms with E-state index in [4.69, 9.17) is 10.8 Å². The third-order valence-corrected chi connectivity index (χ3v) is 1.42. The number of aliphatic hydroxyl groups is 1. The Labute approximate surface area is 84.4 Å². The standard InChI is InChI=1S/C5H10N2O2.Y/c6-5(9)4-1-3(8)2-7-4;/h3-4,7-8H,1-2H2,(H2,6,9);/p-1. The number of carbonyl (C=O) groups excluding carboxylic acids is 1. The molecule has 0 aromatic carbocycles. The van der Waals surface area contributed by atoms with Crippen LogP contribution in [-0.2, 0) is 37.5 Å². The van der Waals surface area contributed by atoms with Crippen LogP contribution in [0, 0.1) is 0 Å². The van der Waals surface area contributed by atoms with Gasteiger partial charge in [0.15, 0.2) is 0 Å². The van der Waals surface area contributed by atoms with E-state index in [1.54, 1.807) is 0 Å². The summed E-state index contributed by atoms with van der Waals surface area (Å²) in [4.78, 5) is 10.3. The van der Waals surface area contributed by atoms with E-state index in [2.05, 4.69) is 5.32 Å². The summed E-state index contributed by atoms with van der Waals surface area (Å²) in [5, 5.41) is 11.6. The zero-order valence-corrected chi connectivity index (χ0v) is 8.34. The van der Waals surface area contributed by atoms with Crippen molar-refractivity contribution in [2.45, 2.75) is 18.6 Å². The van der Waals surface area contributed by atoms with Crippen LogP contribution in [0.25, 0.3) is 5.73 Å². The number of hydrogen-bond acceptors (Lipinski definition) is 3. The van der Waals surface area contributed by atoms with E-state index < -0.39 is 18.1 Å². The molecule has 5 heteroatoms. The fourth-order valence-corrected chi connectivity index (χ4v) is 0.917. The Balaban J connectivity index is 0.000000810. The Bertz CT molecular complexity index is 131. The van der Waals surface area contributed by atoms with Gasteiger partial charge < -0.3 is 21.0 Å². The molecule has 10 heavy (non-hydrogen) atoms. The third-order valence-electron chi connectivity index (χ3n) is 1.42. The molecule has 1 saturated heterocycles. The second-order valence-electron chi connectivity index (χ2n) is 2.21. The van der Waals surface area contributed by atoms with Gasteiger partial charge in [-0.1, -0.05) is 0 Å². The summed E-state index contributed by atoms with van der Waals surface area (Å²) in [6, 6.07) is -0.431. The van der Waals surface area contributed by atoms with E-state index in [-0.39, 0.29) is 32.7 Å². The Morgan fingerprint density at radius 3 is 2.50 bits per heavy atom. The van der Waals surface area contributed by atoms with Gasteiger partial charge in [-0.2, -0.15) is 0 Å². The minimum Gasteiger partial charge on any atom is -0.666 e. The van der Waals surface area contributed by atoms with Crippen molar-refractivity contribution in [2.75, 3.05) is 6.54 Å². The molecule has 2 atom stereocenters. The minimum absolute atomic E-state index is 0. The molecule has 1 amide bonds. The van der Waals surface area contributed by atoms with Gasteiger partial charge in [0.25, 0.3) is 0 Å². The Kier molecular flexibility index (Phi) is 4.60. The average molecular weight is 218 g/mol. The van der Waals surface area contributed by atoms with E-state index in [0.717, 1.165) is 0 Å². The second-order valence-corrected chi connectivity index (χ2v) is 2.21. The first-order valence-electron chi connectivity index (χ1n) is 2.87. The third kappa shape index (κ3) is 2.62. The number of β-amino-alcohol motifs (C(OH)–C–C–N with tert-alkyl or cyclic N) is 1. The van der Waals surface area contributed by atoms with Gasteiger partial charge in [0, 0.05) is 39.3 Å². The van der Waals surface area contributed by atoms with E-state index in [0.29, 0.717) is 13.0 Å². The summed E-state index contributed by atoms with van der Waals surface area (Å²) >= 11 is 0. The van der Waals surface area contributed by atoms with Crippen molar-refractivity contribution >= 4 is 5.91 Å². The second kappa shape index (κ2) is 4.39. The molecule has 1 radical (unpaired) electrons. The van der Waals surface area contributed by atoms with Gasteiger partial charge in [-0.3, -0.25) is 0 Å². The van der Waals surface area contributed by atoms with E-state index in [1.165, 1.54) is 0 Å². The summed E-state index contributed by atoms with van der Waals surface area (Å²) in [5.41, 5.74) is 6.65. The van der Waals surface area contributed by atoms with Crippen LogP contribution in [0.2, 0.25) is 0 Å². The number of carbonyl (C=O) groups is 1. The zero-order valence-electron chi connectivity index (χ0n) is 5.50. The van der Waals surface area contributed by atoms with Crippen LogP contribution in [0.1, 0.15) is 6.42 Å². The summed E-state index contributed by atoms with van der Waals surface area (Å²) in [6.45, 7) is 0.440. The van der Waals surface area contributed by atoms with E-state index >= 15 is 0 Å². The quantitative estimate of drug-likeness (QED) is 0.610. The Hall–Kier alpha value is 0.494. The number of aliphatic hydroxyl groups excluding tert-OH is 1. The number of rotatable bonds is 1. The SMILES string of the molecule is [NH-]C(=O)C1CC(O)CN1.[Y]. The molecule has 1 aliphatic heterocycles. The zero-order chi connectivity index (χ0) is 6.85. The van der Waals surface area contributed by atoms with E-state index in [1.807, 2.05) is 0 Å². The van der Waals surface area contributed by atoms with Crippen LogP contribution in [0.3, 0.4) is 0 Å². The summed E-state index contributed by atoms with van der Waals surface area (Å²) in [7, 11) is 0. The molecule has 0 aromatic rings. The maximum absolute atomic E-state index is 10.3. The molecule has 0 spiro atoms. The molecule has 1 aliphatic rings. The Morgan fingerprint density at radius 2 is 2.30 bits per heavy atom. The molecule has 0 saturated carbocycles. The van der Waals surface area contributed by atoms with Crippen molar-refractivity contribution in [3.05, 3.63) is 5.73 Å². The van der Waals surface area contributed by atoms with Crippen molar-refractivity contribution < 1.29 is 42.6 Å². The van der Waals surface area contributed by atoms with Gasteiger partial charge in [0.05, 0.1) is 18.1 Å². The molecule has 1 fully saturated rings. The molecule has 0 aromatic heterocycles. The first-order valence-corrected chi connectivity index (χ1v) is 2.87. The number of hydrogen-bond donors (Lipinski definition) is 2. The first kappa shape index (κ1) is 10.5. The van der Waals surface area contributed by atoms with Gasteiger partial charge in [-0.05, 0) is 6.42 Å². The molecular formula is C5H9N2O2Y-. The van der Waals surface area contributed by atoms with Gasteiger partial charge >= 0.3 is 0 Å². The predicted molar refractivity (Wildman–Crippen MR) is 31.7 cm³/mol. The van der Waals surface area contributed by atoms with Crippen molar-refractivity contribution in [1.29, 1.82) is 0 Å². The summed E-state index contributed by atoms with van der Waals surface area (Å²) < 4.78 is 0. The number of amides is 1. The summed E-state index contributed by atoms with van der Waals surface area (Å²) in [6.07, 6.45) is -0.0493. The monoisotopic (exact) mass is 218 g/mol. The van der Waals surface area contributed by atoms with Crippen LogP contribution in [0.5, 0.6) is 0 Å². The first-order chi connectivity index (χ1) is 4.20. The predicted octanol–water partition coefficient (Wildman–Crippen LogP) is -0.715. The van der Waals surface area contributed by atoms with Crippen LogP contribution in [-0.4, -0.2) is 29.7 Å². The molecule has 0 aliphatic carbocycles. The molecule has 4 nitrogen and oxygen atoms in total. The van der Waals surface area contributed by atoms with Crippen LogP contribution < -0.4 is 5.32 Å². The molecule has 2 unspecified atom stereocenters. The fraction of sp³-hybridized carbons (Fsp3) is 0.800. The molecular weight excluding hydrogens is 209 g/mol. The van der Waals surface area contributed by atoms with Crippen LogP contribution in [0.4, 0.5) is 0 Å².